The van der Waals surface area contributed by atoms with E-state index in [0.29, 0.717) is 16.2 Å². The number of aliphatic hydroxyl groups is 2. The number of hydrogen-bond acceptors (Lipinski definition) is 6. The minimum Gasteiger partial charge on any atom is -0.393 e. The van der Waals surface area contributed by atoms with Crippen molar-refractivity contribution < 1.29 is 10.2 Å². The fourth-order valence-corrected chi connectivity index (χ4v) is 1.40. The van der Waals surface area contributed by atoms with Crippen molar-refractivity contribution in [2.75, 3.05) is 30.3 Å². The van der Waals surface area contributed by atoms with Gasteiger partial charge < -0.3 is 20.8 Å². The van der Waals surface area contributed by atoms with Gasteiger partial charge in [-0.2, -0.15) is 4.98 Å². The molecular weight excluding hydrogens is 288 g/mol. The highest BCUT2D eigenvalue weighted by Gasteiger charge is 2.19. The molecule has 0 saturated carbocycles. The van der Waals surface area contributed by atoms with Crippen LogP contribution >= 0.6 is 15.9 Å². The van der Waals surface area contributed by atoms with Crippen LogP contribution in [0, 0.1) is 0 Å². The first-order valence-corrected chi connectivity index (χ1v) is 6.11. The SMILES string of the molecule is CCNc1ncc(Br)c(NCC(C)(O)CO)n1. The highest BCUT2D eigenvalue weighted by molar-refractivity contribution is 9.10. The molecule has 1 atom stereocenters. The molecule has 1 unspecified atom stereocenters. The van der Waals surface area contributed by atoms with Gasteiger partial charge in [0.2, 0.25) is 5.95 Å². The highest BCUT2D eigenvalue weighted by atomic mass is 79.9. The topological polar surface area (TPSA) is 90.3 Å². The molecule has 0 bridgehead atoms. The quantitative estimate of drug-likeness (QED) is 0.622. The van der Waals surface area contributed by atoms with Gasteiger partial charge in [0.15, 0.2) is 0 Å². The van der Waals surface area contributed by atoms with Crippen LogP contribution in [0.15, 0.2) is 10.7 Å². The zero-order chi connectivity index (χ0) is 12.9. The highest BCUT2D eigenvalue weighted by Crippen LogP contribution is 2.20. The molecule has 0 spiro atoms. The standard InChI is InChI=1S/C10H17BrN4O2/c1-3-12-9-13-4-7(11)8(15-9)14-5-10(2,17)6-16/h4,16-17H,3,5-6H2,1-2H3,(H2,12,13,14,15). The Morgan fingerprint density at radius 1 is 1.47 bits per heavy atom. The van der Waals surface area contributed by atoms with E-state index in [0.717, 1.165) is 6.54 Å². The van der Waals surface area contributed by atoms with E-state index in [1.54, 1.807) is 13.1 Å². The number of aliphatic hydroxyl groups excluding tert-OH is 1. The summed E-state index contributed by atoms with van der Waals surface area (Å²) in [7, 11) is 0. The molecule has 0 aliphatic rings. The number of nitrogens with one attached hydrogen (secondary N) is 2. The summed E-state index contributed by atoms with van der Waals surface area (Å²) in [4.78, 5) is 8.30. The van der Waals surface area contributed by atoms with Crippen molar-refractivity contribution in [3.8, 4) is 0 Å². The number of anilines is 2. The Hall–Kier alpha value is -0.920. The van der Waals surface area contributed by atoms with Crippen LogP contribution in [0.2, 0.25) is 0 Å². The first-order chi connectivity index (χ1) is 7.98. The van der Waals surface area contributed by atoms with Gasteiger partial charge in [-0.3, -0.25) is 0 Å². The molecule has 0 aromatic carbocycles. The van der Waals surface area contributed by atoms with Crippen LogP contribution in [-0.4, -0.2) is 45.5 Å². The molecule has 6 nitrogen and oxygen atoms in total. The van der Waals surface area contributed by atoms with Gasteiger partial charge in [0, 0.05) is 19.3 Å². The Morgan fingerprint density at radius 2 is 2.18 bits per heavy atom. The number of halogens is 1. The zero-order valence-electron chi connectivity index (χ0n) is 9.87. The summed E-state index contributed by atoms with van der Waals surface area (Å²) in [5.41, 5.74) is -1.18. The Kier molecular flexibility index (Phi) is 5.10. The first kappa shape index (κ1) is 14.1. The van der Waals surface area contributed by atoms with Crippen molar-refractivity contribution in [3.63, 3.8) is 0 Å². The van der Waals surface area contributed by atoms with E-state index in [-0.39, 0.29) is 13.2 Å². The normalized spacial score (nSPS) is 14.2. The van der Waals surface area contributed by atoms with Crippen molar-refractivity contribution in [2.45, 2.75) is 19.4 Å². The lowest BCUT2D eigenvalue weighted by molar-refractivity contribution is 0.0131. The average molecular weight is 305 g/mol. The molecule has 0 aliphatic heterocycles. The first-order valence-electron chi connectivity index (χ1n) is 5.32. The van der Waals surface area contributed by atoms with Crippen molar-refractivity contribution in [1.29, 1.82) is 0 Å². The van der Waals surface area contributed by atoms with E-state index < -0.39 is 5.60 Å². The molecule has 17 heavy (non-hydrogen) atoms. The number of nitrogens with zero attached hydrogens (tertiary/aromatic N) is 2. The van der Waals surface area contributed by atoms with E-state index in [1.807, 2.05) is 6.92 Å². The maximum absolute atomic E-state index is 9.66. The smallest absolute Gasteiger partial charge is 0.224 e. The van der Waals surface area contributed by atoms with Crippen molar-refractivity contribution in [1.82, 2.24) is 9.97 Å². The lowest BCUT2D eigenvalue weighted by Crippen LogP contribution is -2.37. The average Bonchev–Trinajstić information content (AvgIpc) is 2.30. The van der Waals surface area contributed by atoms with Gasteiger partial charge in [-0.25, -0.2) is 4.98 Å². The lowest BCUT2D eigenvalue weighted by Gasteiger charge is -2.21. The maximum Gasteiger partial charge on any atom is 0.224 e. The molecule has 0 aliphatic carbocycles. The summed E-state index contributed by atoms with van der Waals surface area (Å²) in [6.07, 6.45) is 1.63. The van der Waals surface area contributed by atoms with Crippen LogP contribution in [0.5, 0.6) is 0 Å². The number of rotatable bonds is 6. The van der Waals surface area contributed by atoms with Gasteiger partial charge in [-0.15, -0.1) is 0 Å². The second-order valence-corrected chi connectivity index (χ2v) is 4.78. The predicted molar refractivity (Wildman–Crippen MR) is 70.1 cm³/mol. The van der Waals surface area contributed by atoms with E-state index in [1.165, 1.54) is 0 Å². The molecule has 7 heteroatoms. The van der Waals surface area contributed by atoms with Crippen LogP contribution in [-0.2, 0) is 0 Å². The molecule has 0 saturated heterocycles. The van der Waals surface area contributed by atoms with Crippen LogP contribution in [0.1, 0.15) is 13.8 Å². The third-order valence-electron chi connectivity index (χ3n) is 2.06. The summed E-state index contributed by atoms with van der Waals surface area (Å²) in [6, 6.07) is 0. The summed E-state index contributed by atoms with van der Waals surface area (Å²) >= 11 is 3.31. The summed E-state index contributed by atoms with van der Waals surface area (Å²) in [5, 5.41) is 24.5. The molecule has 96 valence electrons. The minimum atomic E-state index is -1.18. The van der Waals surface area contributed by atoms with E-state index in [4.69, 9.17) is 5.11 Å². The summed E-state index contributed by atoms with van der Waals surface area (Å²) < 4.78 is 0.702. The largest absolute Gasteiger partial charge is 0.393 e. The third kappa shape index (κ3) is 4.45. The Morgan fingerprint density at radius 3 is 2.76 bits per heavy atom. The molecule has 1 heterocycles. The van der Waals surface area contributed by atoms with E-state index in [2.05, 4.69) is 36.5 Å². The van der Waals surface area contributed by atoms with Crippen LogP contribution in [0.25, 0.3) is 0 Å². The minimum absolute atomic E-state index is 0.199. The monoisotopic (exact) mass is 304 g/mol. The van der Waals surface area contributed by atoms with Gasteiger partial charge in [-0.05, 0) is 29.8 Å². The van der Waals surface area contributed by atoms with Gasteiger partial charge in [0.05, 0.1) is 11.1 Å². The molecule has 1 rings (SSSR count). The van der Waals surface area contributed by atoms with Crippen LogP contribution in [0.3, 0.4) is 0 Å². The van der Waals surface area contributed by atoms with Crippen LogP contribution in [0.4, 0.5) is 11.8 Å². The Balaban J connectivity index is 2.72. The number of hydrogen-bond donors (Lipinski definition) is 4. The lowest BCUT2D eigenvalue weighted by atomic mass is 10.1. The van der Waals surface area contributed by atoms with E-state index in [9.17, 15) is 5.11 Å². The van der Waals surface area contributed by atoms with Crippen molar-refractivity contribution in [2.24, 2.45) is 0 Å². The molecular formula is C10H17BrN4O2. The van der Waals surface area contributed by atoms with Crippen molar-refractivity contribution >= 4 is 27.7 Å². The van der Waals surface area contributed by atoms with Gasteiger partial charge >= 0.3 is 0 Å². The summed E-state index contributed by atoms with van der Waals surface area (Å²) in [5.74, 6) is 1.09. The van der Waals surface area contributed by atoms with Gasteiger partial charge in [0.1, 0.15) is 11.4 Å². The molecule has 4 N–H and O–H groups in total. The second kappa shape index (κ2) is 6.13. The molecule has 1 aromatic rings. The number of aromatic nitrogens is 2. The van der Waals surface area contributed by atoms with Gasteiger partial charge in [-0.1, -0.05) is 0 Å². The van der Waals surface area contributed by atoms with Crippen LogP contribution < -0.4 is 10.6 Å². The van der Waals surface area contributed by atoms with Crippen molar-refractivity contribution in [3.05, 3.63) is 10.7 Å². The molecule has 0 amide bonds. The Labute approximate surface area is 109 Å². The fraction of sp³-hybridized carbons (Fsp3) is 0.600. The molecule has 0 fully saturated rings. The second-order valence-electron chi connectivity index (χ2n) is 3.93. The predicted octanol–water partition coefficient (Wildman–Crippen LogP) is 0.826. The maximum atomic E-state index is 9.66. The Bertz CT molecular complexity index is 373. The van der Waals surface area contributed by atoms with Gasteiger partial charge in [0.25, 0.3) is 0 Å². The summed E-state index contributed by atoms with van der Waals surface area (Å²) in [6.45, 7) is 4.11. The third-order valence-corrected chi connectivity index (χ3v) is 2.64. The van der Waals surface area contributed by atoms with E-state index >= 15 is 0 Å². The molecule has 0 radical (unpaired) electrons. The molecule has 1 aromatic heterocycles. The zero-order valence-corrected chi connectivity index (χ0v) is 11.5. The fourth-order valence-electron chi connectivity index (χ4n) is 1.06.